The summed E-state index contributed by atoms with van der Waals surface area (Å²) in [6, 6.07) is 12.8. The van der Waals surface area contributed by atoms with Crippen molar-refractivity contribution in [1.82, 2.24) is 14.2 Å². The molecule has 0 unspecified atom stereocenters. The monoisotopic (exact) mass is 388 g/mol. The van der Waals surface area contributed by atoms with Crippen LogP contribution in [0, 0.1) is 27.7 Å². The Morgan fingerprint density at radius 1 is 1.03 bits per heavy atom. The van der Waals surface area contributed by atoms with Crippen molar-refractivity contribution in [1.29, 1.82) is 0 Å². The maximum absolute atomic E-state index is 13.2. The molecule has 29 heavy (non-hydrogen) atoms. The molecule has 0 aliphatic rings. The van der Waals surface area contributed by atoms with Crippen molar-refractivity contribution < 1.29 is 4.79 Å². The highest BCUT2D eigenvalue weighted by molar-refractivity contribution is 5.98. The van der Waals surface area contributed by atoms with E-state index in [2.05, 4.69) is 22.4 Å². The molecule has 4 rings (SSSR count). The third kappa shape index (κ3) is 3.10. The van der Waals surface area contributed by atoms with Crippen LogP contribution in [0.15, 0.2) is 47.3 Å². The van der Waals surface area contributed by atoms with Crippen LogP contribution in [0.1, 0.15) is 35.3 Å². The van der Waals surface area contributed by atoms with E-state index in [1.54, 1.807) is 0 Å². The summed E-state index contributed by atoms with van der Waals surface area (Å²) in [4.78, 5) is 29.4. The van der Waals surface area contributed by atoms with Crippen LogP contribution in [0.2, 0.25) is 0 Å². The Hall–Kier alpha value is -3.41. The standard InChI is InChI=1S/C23H24N4O2/c1-13-10-14(2)21(15(3)11-13)25-23(29)17(5)27-19-9-7-6-8-18(19)22-24-20(28)12-16(4)26(22)27/h6-12,17H,1-5H3,(H,25,29)/t17-/m1/s1. The molecule has 0 saturated carbocycles. The Bertz CT molecular complexity index is 1310. The maximum Gasteiger partial charge on any atom is 0.273 e. The van der Waals surface area contributed by atoms with E-state index in [-0.39, 0.29) is 11.5 Å². The van der Waals surface area contributed by atoms with E-state index < -0.39 is 6.04 Å². The second-order valence-corrected chi connectivity index (χ2v) is 7.67. The van der Waals surface area contributed by atoms with Crippen molar-refractivity contribution in [3.63, 3.8) is 0 Å². The molecule has 0 bridgehead atoms. The van der Waals surface area contributed by atoms with Gasteiger partial charge in [0.25, 0.3) is 5.56 Å². The number of aromatic nitrogens is 3. The number of rotatable bonds is 3. The Kier molecular flexibility index (Phi) is 4.49. The minimum Gasteiger partial charge on any atom is -0.324 e. The van der Waals surface area contributed by atoms with E-state index >= 15 is 0 Å². The third-order valence-corrected chi connectivity index (χ3v) is 5.36. The SMILES string of the molecule is Cc1cc(C)c(NC(=O)[C@@H](C)n2c3ccccc3c3nc(=O)cc(C)n32)c(C)c1. The Morgan fingerprint density at radius 3 is 2.38 bits per heavy atom. The number of hydrogen-bond acceptors (Lipinski definition) is 3. The van der Waals surface area contributed by atoms with Gasteiger partial charge in [0, 0.05) is 22.8 Å². The van der Waals surface area contributed by atoms with Crippen LogP contribution < -0.4 is 10.9 Å². The van der Waals surface area contributed by atoms with E-state index in [1.807, 2.05) is 68.1 Å². The molecule has 0 aliphatic heterocycles. The second-order valence-electron chi connectivity index (χ2n) is 7.67. The van der Waals surface area contributed by atoms with Gasteiger partial charge in [-0.2, -0.15) is 4.98 Å². The number of amides is 1. The lowest BCUT2D eigenvalue weighted by atomic mass is 10.0. The lowest BCUT2D eigenvalue weighted by Gasteiger charge is -2.20. The zero-order valence-corrected chi connectivity index (χ0v) is 17.3. The van der Waals surface area contributed by atoms with Gasteiger partial charge in [-0.25, -0.2) is 4.52 Å². The Morgan fingerprint density at radius 2 is 1.69 bits per heavy atom. The van der Waals surface area contributed by atoms with Crippen LogP contribution in [0.25, 0.3) is 16.6 Å². The number of benzene rings is 2. The van der Waals surface area contributed by atoms with E-state index in [9.17, 15) is 9.59 Å². The number of aryl methyl sites for hydroxylation is 4. The van der Waals surface area contributed by atoms with Crippen LogP contribution in [-0.4, -0.2) is 20.1 Å². The first kappa shape index (κ1) is 18.9. The number of para-hydroxylation sites is 1. The molecule has 0 saturated heterocycles. The number of fused-ring (bicyclic) bond motifs is 3. The fraction of sp³-hybridized carbons (Fsp3) is 0.261. The molecule has 6 nitrogen and oxygen atoms in total. The zero-order valence-electron chi connectivity index (χ0n) is 17.3. The average molecular weight is 388 g/mol. The first-order valence-electron chi connectivity index (χ1n) is 9.66. The number of carbonyl (C=O) groups is 1. The Balaban J connectivity index is 1.86. The number of nitrogens with one attached hydrogen (secondary N) is 1. The number of nitrogens with zero attached hydrogens (tertiary/aromatic N) is 3. The summed E-state index contributed by atoms with van der Waals surface area (Å²) in [5, 5.41) is 3.94. The number of anilines is 1. The molecule has 148 valence electrons. The first-order valence-corrected chi connectivity index (χ1v) is 9.66. The van der Waals surface area contributed by atoms with E-state index in [0.29, 0.717) is 5.65 Å². The lowest BCUT2D eigenvalue weighted by Crippen LogP contribution is -2.27. The lowest BCUT2D eigenvalue weighted by molar-refractivity contribution is -0.119. The van der Waals surface area contributed by atoms with Crippen molar-refractivity contribution in [2.45, 2.75) is 40.7 Å². The smallest absolute Gasteiger partial charge is 0.273 e. The van der Waals surface area contributed by atoms with Crippen LogP contribution >= 0.6 is 0 Å². The van der Waals surface area contributed by atoms with Crippen molar-refractivity contribution in [3.05, 3.63) is 75.2 Å². The van der Waals surface area contributed by atoms with Gasteiger partial charge in [0.15, 0.2) is 5.65 Å². The molecule has 2 aromatic heterocycles. The molecular formula is C23H24N4O2. The van der Waals surface area contributed by atoms with Gasteiger partial charge in [0.2, 0.25) is 5.91 Å². The summed E-state index contributed by atoms with van der Waals surface area (Å²) in [5.74, 6) is -0.124. The minimum atomic E-state index is -0.513. The summed E-state index contributed by atoms with van der Waals surface area (Å²) in [7, 11) is 0. The van der Waals surface area contributed by atoms with Crippen molar-refractivity contribution in [2.75, 3.05) is 5.32 Å². The zero-order chi connectivity index (χ0) is 20.9. The summed E-state index contributed by atoms with van der Waals surface area (Å²) < 4.78 is 3.76. The van der Waals surface area contributed by atoms with Gasteiger partial charge in [-0.1, -0.05) is 29.8 Å². The van der Waals surface area contributed by atoms with Crippen LogP contribution in [0.4, 0.5) is 5.69 Å². The predicted molar refractivity (Wildman–Crippen MR) is 116 cm³/mol. The van der Waals surface area contributed by atoms with Gasteiger partial charge in [-0.3, -0.25) is 14.3 Å². The molecule has 1 atom stereocenters. The highest BCUT2D eigenvalue weighted by Gasteiger charge is 2.23. The summed E-state index contributed by atoms with van der Waals surface area (Å²) >= 11 is 0. The van der Waals surface area contributed by atoms with Crippen LogP contribution in [-0.2, 0) is 4.79 Å². The molecule has 2 aromatic carbocycles. The van der Waals surface area contributed by atoms with E-state index in [4.69, 9.17) is 0 Å². The molecule has 4 aromatic rings. The van der Waals surface area contributed by atoms with Crippen molar-refractivity contribution in [2.24, 2.45) is 0 Å². The second kappa shape index (κ2) is 6.88. The predicted octanol–water partition coefficient (Wildman–Crippen LogP) is 4.08. The maximum atomic E-state index is 13.2. The molecule has 0 aliphatic carbocycles. The topological polar surface area (TPSA) is 68.4 Å². The first-order chi connectivity index (χ1) is 13.8. The average Bonchev–Trinajstić information content (AvgIpc) is 2.98. The van der Waals surface area contributed by atoms with E-state index in [1.165, 1.54) is 11.6 Å². The van der Waals surface area contributed by atoms with Crippen molar-refractivity contribution in [3.8, 4) is 0 Å². The fourth-order valence-corrected chi connectivity index (χ4v) is 4.11. The number of hydrogen-bond donors (Lipinski definition) is 1. The Labute approximate surface area is 168 Å². The highest BCUT2D eigenvalue weighted by Crippen LogP contribution is 2.27. The van der Waals surface area contributed by atoms with Crippen molar-refractivity contribution >= 4 is 28.1 Å². The largest absolute Gasteiger partial charge is 0.324 e. The molecule has 0 fully saturated rings. The van der Waals surface area contributed by atoms with Gasteiger partial charge < -0.3 is 5.32 Å². The summed E-state index contributed by atoms with van der Waals surface area (Å²) in [6.45, 7) is 9.75. The summed E-state index contributed by atoms with van der Waals surface area (Å²) in [5.41, 5.74) is 5.95. The van der Waals surface area contributed by atoms with Gasteiger partial charge in [0.05, 0.1) is 5.52 Å². The molecule has 1 N–H and O–H groups in total. The number of carbonyl (C=O) groups excluding carboxylic acids is 1. The molecule has 0 spiro atoms. The van der Waals surface area contributed by atoms with Gasteiger partial charge in [-0.05, 0) is 57.9 Å². The van der Waals surface area contributed by atoms with E-state index in [0.717, 1.165) is 33.4 Å². The van der Waals surface area contributed by atoms with Gasteiger partial charge in [0.1, 0.15) is 6.04 Å². The molecule has 2 heterocycles. The quantitative estimate of drug-likeness (QED) is 0.575. The molecule has 1 amide bonds. The minimum absolute atomic E-state index is 0.124. The van der Waals surface area contributed by atoms with Crippen LogP contribution in [0.5, 0.6) is 0 Å². The normalized spacial score (nSPS) is 12.4. The molecular weight excluding hydrogens is 364 g/mol. The third-order valence-electron chi connectivity index (χ3n) is 5.36. The van der Waals surface area contributed by atoms with Gasteiger partial charge >= 0.3 is 0 Å². The summed E-state index contributed by atoms with van der Waals surface area (Å²) in [6.07, 6.45) is 0. The van der Waals surface area contributed by atoms with Crippen LogP contribution in [0.3, 0.4) is 0 Å². The molecule has 0 radical (unpaired) electrons. The highest BCUT2D eigenvalue weighted by atomic mass is 16.2. The fourth-order valence-electron chi connectivity index (χ4n) is 4.11. The molecule has 6 heteroatoms. The van der Waals surface area contributed by atoms with Gasteiger partial charge in [-0.15, -0.1) is 0 Å².